The van der Waals surface area contributed by atoms with Gasteiger partial charge in [-0.3, -0.25) is 9.35 Å². The summed E-state index contributed by atoms with van der Waals surface area (Å²) in [6.45, 7) is -0.0880. The molecular weight excluding hydrogens is 720 g/mol. The zero-order valence-electron chi connectivity index (χ0n) is 26.1. The van der Waals surface area contributed by atoms with Crippen LogP contribution in [0.2, 0.25) is 0 Å². The highest BCUT2D eigenvalue weighted by Gasteiger charge is 2.21. The molecule has 0 aliphatic heterocycles. The summed E-state index contributed by atoms with van der Waals surface area (Å²) in [5.41, 5.74) is 4.80. The summed E-state index contributed by atoms with van der Waals surface area (Å²) in [5.74, 6) is -2.49. The Kier molecular flexibility index (Phi) is 12.8. The lowest BCUT2D eigenvalue weighted by Gasteiger charge is -2.13. The number of aromatic hydroxyl groups is 1. The van der Waals surface area contributed by atoms with Crippen LogP contribution in [0.3, 0.4) is 0 Å². The molecule has 0 aliphatic rings. The van der Waals surface area contributed by atoms with E-state index in [0.29, 0.717) is 12.0 Å². The zero-order valence-corrected chi connectivity index (χ0v) is 27.7. The second kappa shape index (κ2) is 17.0. The van der Waals surface area contributed by atoms with Gasteiger partial charge in [-0.25, -0.2) is 10.1 Å². The number of nitrogen functional groups attached to an aromatic ring is 1. The first-order chi connectivity index (χ1) is 24.3. The Morgan fingerprint density at radius 2 is 1.51 bits per heavy atom. The minimum absolute atomic E-state index is 0.0200. The minimum Gasteiger partial charge on any atom is -0.505 e. The van der Waals surface area contributed by atoms with Gasteiger partial charge < -0.3 is 41.0 Å². The molecule has 0 unspecified atom stereocenters. The highest BCUT2D eigenvalue weighted by Crippen LogP contribution is 2.47. The number of nitrogens with two attached hydrogens (primary N) is 1. The van der Waals surface area contributed by atoms with E-state index in [2.05, 4.69) is 35.1 Å². The Labute approximate surface area is 291 Å². The number of hydrogen-bond donors (Lipinski definition) is 8. The van der Waals surface area contributed by atoms with Gasteiger partial charge in [-0.05, 0) is 41.8 Å². The summed E-state index contributed by atoms with van der Waals surface area (Å²) >= 11 is 0.339. The third-order valence-corrected chi connectivity index (χ3v) is 7.95. The lowest BCUT2D eigenvalue weighted by atomic mass is 10.1. The van der Waals surface area contributed by atoms with Crippen LogP contribution in [0.25, 0.3) is 10.8 Å². The lowest BCUT2D eigenvalue weighted by molar-refractivity contribution is -0.432. The van der Waals surface area contributed by atoms with Crippen LogP contribution >= 0.6 is 12.0 Å². The van der Waals surface area contributed by atoms with Gasteiger partial charge in [0.2, 0.25) is 5.91 Å². The first-order valence-corrected chi connectivity index (χ1v) is 16.3. The molecule has 0 fully saturated rings. The lowest BCUT2D eigenvalue weighted by Crippen LogP contribution is -2.07. The minimum atomic E-state index is -4.75. The molecule has 270 valence electrons. The molecule has 0 atom stereocenters. The Morgan fingerprint density at radius 3 is 2.06 bits per heavy atom. The third-order valence-electron chi connectivity index (χ3n) is 6.42. The maximum Gasteiger partial charge on any atom is 0.338 e. The maximum atomic E-state index is 11.9. The third kappa shape index (κ3) is 9.62. The van der Waals surface area contributed by atoms with Crippen LogP contribution in [0.4, 0.5) is 34.1 Å². The second-order valence-electron chi connectivity index (χ2n) is 9.93. The monoisotopic (exact) mass is 748 g/mol. The number of aromatic carboxylic acids is 1. The molecule has 4 aromatic carbocycles. The number of phenolic OH excluding ortho intramolecular Hbond substituents is 1. The second-order valence-corrected chi connectivity index (χ2v) is 12.1. The standard InChI is InChI=1S/C29H28N6O14S2/c1-14(38)31-16-2-3-20(18(10-16)29(40)41)32-33-21-12-24(47-7-5-37)22(13-23(21)46-6-4-36)34-35-27-25(50-49-48-42)8-15-9-26(51(43,44)45)19(30)11-17(15)28(27)39/h2-3,8-13,36-37,39,42H,4-7,30H2,1H3,(H,31,38)(H,40,41)(H,43,44,45). The number of carboxylic acid groups (broad SMARTS) is 1. The van der Waals surface area contributed by atoms with Crippen molar-refractivity contribution in [3.8, 4) is 17.2 Å². The summed E-state index contributed by atoms with van der Waals surface area (Å²) in [4.78, 5) is 22.6. The smallest absolute Gasteiger partial charge is 0.338 e. The molecule has 0 saturated carbocycles. The molecule has 0 heterocycles. The highest BCUT2D eigenvalue weighted by atomic mass is 32.2. The molecule has 0 radical (unpaired) electrons. The number of aliphatic hydroxyl groups excluding tert-OH is 2. The fourth-order valence-corrected chi connectivity index (χ4v) is 5.48. The number of fused-ring (bicyclic) bond motifs is 1. The van der Waals surface area contributed by atoms with Crippen molar-refractivity contribution >= 4 is 78.9 Å². The van der Waals surface area contributed by atoms with Crippen molar-refractivity contribution in [1.29, 1.82) is 0 Å². The van der Waals surface area contributed by atoms with Gasteiger partial charge >= 0.3 is 5.97 Å². The number of carboxylic acids is 1. The number of carbonyl (C=O) groups is 2. The quantitative estimate of drug-likeness (QED) is 0.0186. The number of ether oxygens (including phenoxy) is 2. The summed E-state index contributed by atoms with van der Waals surface area (Å²) in [5, 5.41) is 70.9. The molecule has 4 rings (SSSR count). The maximum absolute atomic E-state index is 11.9. The predicted molar refractivity (Wildman–Crippen MR) is 178 cm³/mol. The van der Waals surface area contributed by atoms with E-state index in [-0.39, 0.29) is 74.4 Å². The van der Waals surface area contributed by atoms with Crippen LogP contribution in [-0.2, 0) is 24.3 Å². The molecule has 0 spiro atoms. The van der Waals surface area contributed by atoms with Crippen LogP contribution in [0, 0.1) is 0 Å². The molecule has 22 heteroatoms. The molecule has 4 aromatic rings. The fraction of sp³-hybridized carbons (Fsp3) is 0.172. The van der Waals surface area contributed by atoms with Crippen molar-refractivity contribution in [3.63, 3.8) is 0 Å². The normalized spacial score (nSPS) is 11.8. The number of amides is 1. The van der Waals surface area contributed by atoms with Gasteiger partial charge in [0, 0.05) is 30.1 Å². The molecule has 0 aromatic heterocycles. The van der Waals surface area contributed by atoms with E-state index >= 15 is 0 Å². The molecule has 0 saturated heterocycles. The number of azo groups is 2. The SMILES string of the molecule is CC(=O)Nc1ccc(N=Nc2cc(OCCO)c(N=Nc3c(SOOO)cc4cc(S(=O)(=O)O)c(N)cc4c3O)cc2OCCO)c(C(=O)O)c1. The van der Waals surface area contributed by atoms with Gasteiger partial charge in [0.25, 0.3) is 10.1 Å². The summed E-state index contributed by atoms with van der Waals surface area (Å²) in [7, 11) is -4.75. The van der Waals surface area contributed by atoms with Gasteiger partial charge in [0.15, 0.2) is 5.75 Å². The van der Waals surface area contributed by atoms with Crippen LogP contribution in [-0.4, -0.2) is 77.0 Å². The fourth-order valence-electron chi connectivity index (χ4n) is 4.35. The van der Waals surface area contributed by atoms with Crippen molar-refractivity contribution in [2.24, 2.45) is 20.5 Å². The van der Waals surface area contributed by atoms with E-state index in [1.807, 2.05) is 0 Å². The van der Waals surface area contributed by atoms with Crippen LogP contribution in [0.15, 0.2) is 78.8 Å². The number of anilines is 2. The Bertz CT molecular complexity index is 2130. The van der Waals surface area contributed by atoms with Crippen LogP contribution in [0.5, 0.6) is 17.2 Å². The van der Waals surface area contributed by atoms with E-state index in [1.165, 1.54) is 43.3 Å². The first kappa shape index (κ1) is 38.3. The van der Waals surface area contributed by atoms with Gasteiger partial charge in [0.05, 0.1) is 41.4 Å². The zero-order chi connectivity index (χ0) is 37.3. The van der Waals surface area contributed by atoms with Crippen molar-refractivity contribution in [3.05, 3.63) is 54.1 Å². The first-order valence-electron chi connectivity index (χ1n) is 14.1. The summed E-state index contributed by atoms with van der Waals surface area (Å²) in [6, 6.07) is 9.76. The van der Waals surface area contributed by atoms with Gasteiger partial charge in [0.1, 0.15) is 52.4 Å². The predicted octanol–water partition coefficient (Wildman–Crippen LogP) is 5.03. The number of hydrogen-bond acceptors (Lipinski definition) is 18. The largest absolute Gasteiger partial charge is 0.505 e. The molecule has 51 heavy (non-hydrogen) atoms. The number of phenols is 1. The van der Waals surface area contributed by atoms with Crippen LogP contribution in [0.1, 0.15) is 17.3 Å². The van der Waals surface area contributed by atoms with E-state index < -0.39 is 51.5 Å². The van der Waals surface area contributed by atoms with Gasteiger partial charge in [-0.2, -0.15) is 8.42 Å². The average Bonchev–Trinajstić information content (AvgIpc) is 3.07. The van der Waals surface area contributed by atoms with Crippen molar-refractivity contribution in [2.75, 3.05) is 37.5 Å². The van der Waals surface area contributed by atoms with Gasteiger partial charge in [-0.1, -0.05) is 5.04 Å². The molecule has 1 amide bonds. The number of aliphatic hydroxyl groups is 2. The Balaban J connectivity index is 1.85. The van der Waals surface area contributed by atoms with E-state index in [0.717, 1.165) is 12.1 Å². The van der Waals surface area contributed by atoms with Crippen molar-refractivity contribution in [2.45, 2.75) is 16.7 Å². The van der Waals surface area contributed by atoms with Crippen LogP contribution < -0.4 is 20.5 Å². The molecule has 0 bridgehead atoms. The topological polar surface area (TPSA) is 314 Å². The number of rotatable bonds is 16. The Morgan fingerprint density at radius 1 is 0.902 bits per heavy atom. The number of carbonyl (C=O) groups excluding carboxylic acids is 1. The van der Waals surface area contributed by atoms with E-state index in [4.69, 9.17) is 20.5 Å². The molecule has 9 N–H and O–H groups in total. The molecule has 20 nitrogen and oxygen atoms in total. The van der Waals surface area contributed by atoms with Crippen molar-refractivity contribution < 1.29 is 67.1 Å². The number of benzene rings is 4. The number of nitrogens with zero attached hydrogens (tertiary/aromatic N) is 4. The number of nitrogens with one attached hydrogen (secondary N) is 1. The van der Waals surface area contributed by atoms with E-state index in [9.17, 15) is 43.0 Å². The molecular formula is C29H28N6O14S2. The van der Waals surface area contributed by atoms with E-state index in [1.54, 1.807) is 0 Å². The highest BCUT2D eigenvalue weighted by molar-refractivity contribution is 7.94. The summed E-state index contributed by atoms with van der Waals surface area (Å²) < 4.78 is 48.8. The average molecular weight is 749 g/mol. The van der Waals surface area contributed by atoms with Crippen molar-refractivity contribution in [1.82, 2.24) is 0 Å². The summed E-state index contributed by atoms with van der Waals surface area (Å²) in [6.07, 6.45) is 0. The van der Waals surface area contributed by atoms with Gasteiger partial charge in [-0.15, -0.1) is 24.8 Å². The Hall–Kier alpha value is -5.46. The molecule has 0 aliphatic carbocycles.